The van der Waals surface area contributed by atoms with E-state index in [2.05, 4.69) is 0 Å². The van der Waals surface area contributed by atoms with E-state index in [9.17, 15) is 22.8 Å². The highest BCUT2D eigenvalue weighted by molar-refractivity contribution is 5.81. The minimum absolute atomic E-state index is 0.225. The second-order valence-corrected chi connectivity index (χ2v) is 6.03. The number of nitrogens with one attached hydrogen (secondary N) is 1. The number of carbonyl (C=O) groups is 2. The summed E-state index contributed by atoms with van der Waals surface area (Å²) < 4.78 is 41.7. The summed E-state index contributed by atoms with van der Waals surface area (Å²) in [5, 5.41) is 1.83. The van der Waals surface area contributed by atoms with Crippen molar-refractivity contribution in [3.05, 3.63) is 0 Å². The molecular weight excluding hydrogens is 289 g/mol. The molecule has 1 saturated heterocycles. The third kappa shape index (κ3) is 5.81. The van der Waals surface area contributed by atoms with Crippen LogP contribution in [0.4, 0.5) is 18.0 Å². The maximum Gasteiger partial charge on any atom is 0.471 e. The molecule has 1 rings (SSSR count). The van der Waals surface area contributed by atoms with Crippen LogP contribution in [0.3, 0.4) is 0 Å². The summed E-state index contributed by atoms with van der Waals surface area (Å²) in [5.74, 6) is -1.99. The zero-order valence-electron chi connectivity index (χ0n) is 12.4. The van der Waals surface area contributed by atoms with Gasteiger partial charge in [0.25, 0.3) is 0 Å². The minimum Gasteiger partial charge on any atom is -0.444 e. The number of carbonyl (C=O) groups excluding carboxylic acids is 2. The molecule has 0 radical (unpaired) electrons. The van der Waals surface area contributed by atoms with Crippen molar-refractivity contribution in [2.75, 3.05) is 13.1 Å². The fourth-order valence-electron chi connectivity index (χ4n) is 2.08. The molecule has 122 valence electrons. The molecule has 0 aliphatic carbocycles. The Hall–Kier alpha value is -1.47. The van der Waals surface area contributed by atoms with Crippen LogP contribution in [-0.4, -0.2) is 47.8 Å². The second-order valence-electron chi connectivity index (χ2n) is 6.03. The van der Waals surface area contributed by atoms with Gasteiger partial charge in [0.15, 0.2) is 0 Å². The van der Waals surface area contributed by atoms with Crippen LogP contribution in [0.15, 0.2) is 0 Å². The summed E-state index contributed by atoms with van der Waals surface area (Å²) in [4.78, 5) is 24.3. The van der Waals surface area contributed by atoms with Gasteiger partial charge < -0.3 is 15.0 Å². The molecule has 8 heteroatoms. The van der Waals surface area contributed by atoms with Crippen LogP contribution in [0.25, 0.3) is 0 Å². The van der Waals surface area contributed by atoms with Gasteiger partial charge in [-0.25, -0.2) is 4.79 Å². The SMILES string of the molecule is CC(C)(C)OC(=O)N1CCCCC1CNC(=O)C(F)(F)F. The Morgan fingerprint density at radius 1 is 1.24 bits per heavy atom. The van der Waals surface area contributed by atoms with Crippen molar-refractivity contribution in [2.45, 2.75) is 57.9 Å². The Labute approximate surface area is 121 Å². The summed E-state index contributed by atoms with van der Waals surface area (Å²) in [6.45, 7) is 5.35. The maximum absolute atomic E-state index is 12.2. The Morgan fingerprint density at radius 2 is 1.86 bits per heavy atom. The lowest BCUT2D eigenvalue weighted by Gasteiger charge is -2.36. The molecule has 1 fully saturated rings. The van der Waals surface area contributed by atoms with Gasteiger partial charge in [-0.3, -0.25) is 4.79 Å². The smallest absolute Gasteiger partial charge is 0.444 e. The second kappa shape index (κ2) is 6.53. The standard InChI is InChI=1S/C13H21F3N2O3/c1-12(2,3)21-11(20)18-7-5-4-6-9(18)8-17-10(19)13(14,15)16/h9H,4-8H2,1-3H3,(H,17,19). The van der Waals surface area contributed by atoms with E-state index in [0.717, 1.165) is 12.8 Å². The molecule has 1 heterocycles. The van der Waals surface area contributed by atoms with Crippen molar-refractivity contribution in [3.63, 3.8) is 0 Å². The normalized spacial score (nSPS) is 20.1. The van der Waals surface area contributed by atoms with Gasteiger partial charge >= 0.3 is 18.2 Å². The first-order valence-electron chi connectivity index (χ1n) is 6.85. The third-order valence-corrected chi connectivity index (χ3v) is 3.01. The van der Waals surface area contributed by atoms with E-state index in [-0.39, 0.29) is 6.54 Å². The number of hydrogen-bond acceptors (Lipinski definition) is 3. The molecule has 1 atom stereocenters. The molecule has 1 N–H and O–H groups in total. The molecule has 1 aliphatic heterocycles. The fourth-order valence-corrected chi connectivity index (χ4v) is 2.08. The van der Waals surface area contributed by atoms with Crippen LogP contribution in [-0.2, 0) is 9.53 Å². The van der Waals surface area contributed by atoms with Crippen molar-refractivity contribution in [2.24, 2.45) is 0 Å². The molecule has 0 aromatic carbocycles. The van der Waals surface area contributed by atoms with Crippen LogP contribution in [0.1, 0.15) is 40.0 Å². The number of nitrogens with zero attached hydrogens (tertiary/aromatic N) is 1. The lowest BCUT2D eigenvalue weighted by molar-refractivity contribution is -0.173. The largest absolute Gasteiger partial charge is 0.471 e. The first-order chi connectivity index (χ1) is 9.50. The first-order valence-corrected chi connectivity index (χ1v) is 6.85. The van der Waals surface area contributed by atoms with Gasteiger partial charge in [0.1, 0.15) is 5.60 Å². The number of halogens is 3. The summed E-state index contributed by atoms with van der Waals surface area (Å²) in [6, 6.07) is -0.472. The van der Waals surface area contributed by atoms with E-state index in [0.29, 0.717) is 13.0 Å². The highest BCUT2D eigenvalue weighted by Gasteiger charge is 2.39. The zero-order valence-corrected chi connectivity index (χ0v) is 12.4. The number of hydrogen-bond donors (Lipinski definition) is 1. The number of alkyl halides is 3. The van der Waals surface area contributed by atoms with Gasteiger partial charge in [-0.2, -0.15) is 13.2 Å². The van der Waals surface area contributed by atoms with E-state index >= 15 is 0 Å². The summed E-state index contributed by atoms with van der Waals surface area (Å²) in [6.07, 6.45) is -3.37. The first kappa shape index (κ1) is 17.6. The molecular formula is C13H21F3N2O3. The number of rotatable bonds is 2. The number of piperidine rings is 1. The minimum atomic E-state index is -4.91. The van der Waals surface area contributed by atoms with Crippen LogP contribution >= 0.6 is 0 Å². The van der Waals surface area contributed by atoms with Crippen molar-refractivity contribution in [1.82, 2.24) is 10.2 Å². The van der Waals surface area contributed by atoms with E-state index < -0.39 is 29.8 Å². The maximum atomic E-state index is 12.2. The van der Waals surface area contributed by atoms with E-state index in [1.54, 1.807) is 20.8 Å². The molecule has 0 aromatic heterocycles. The van der Waals surface area contributed by atoms with E-state index in [4.69, 9.17) is 4.74 Å². The van der Waals surface area contributed by atoms with E-state index in [1.165, 1.54) is 4.90 Å². The molecule has 2 amide bonds. The number of amides is 2. The monoisotopic (exact) mass is 310 g/mol. The Morgan fingerprint density at radius 3 is 2.38 bits per heavy atom. The van der Waals surface area contributed by atoms with E-state index in [1.807, 2.05) is 5.32 Å². The molecule has 5 nitrogen and oxygen atoms in total. The highest BCUT2D eigenvalue weighted by atomic mass is 19.4. The molecule has 21 heavy (non-hydrogen) atoms. The Kier molecular flexibility index (Phi) is 5.47. The molecule has 0 saturated carbocycles. The lowest BCUT2D eigenvalue weighted by atomic mass is 10.0. The topological polar surface area (TPSA) is 58.6 Å². The molecule has 1 unspecified atom stereocenters. The third-order valence-electron chi connectivity index (χ3n) is 3.01. The summed E-state index contributed by atoms with van der Waals surface area (Å²) in [5.41, 5.74) is -0.672. The van der Waals surface area contributed by atoms with Gasteiger partial charge in [-0.05, 0) is 40.0 Å². The van der Waals surface area contributed by atoms with Gasteiger partial charge in [-0.15, -0.1) is 0 Å². The van der Waals surface area contributed by atoms with Crippen molar-refractivity contribution >= 4 is 12.0 Å². The van der Waals surface area contributed by atoms with Crippen molar-refractivity contribution < 1.29 is 27.5 Å². The van der Waals surface area contributed by atoms with Crippen molar-refractivity contribution in [3.8, 4) is 0 Å². The van der Waals surface area contributed by atoms with Crippen LogP contribution in [0.5, 0.6) is 0 Å². The summed E-state index contributed by atoms with van der Waals surface area (Å²) in [7, 11) is 0. The average molecular weight is 310 g/mol. The quantitative estimate of drug-likeness (QED) is 0.852. The Balaban J connectivity index is 2.61. The fraction of sp³-hybridized carbons (Fsp3) is 0.846. The summed E-state index contributed by atoms with van der Waals surface area (Å²) >= 11 is 0. The average Bonchev–Trinajstić information content (AvgIpc) is 2.33. The predicted molar refractivity (Wildman–Crippen MR) is 69.6 cm³/mol. The van der Waals surface area contributed by atoms with Crippen LogP contribution in [0.2, 0.25) is 0 Å². The number of ether oxygens (including phenoxy) is 1. The van der Waals surface area contributed by atoms with Gasteiger partial charge in [0.05, 0.1) is 6.04 Å². The van der Waals surface area contributed by atoms with Gasteiger partial charge in [-0.1, -0.05) is 0 Å². The van der Waals surface area contributed by atoms with Gasteiger partial charge in [0, 0.05) is 13.1 Å². The predicted octanol–water partition coefficient (Wildman–Crippen LogP) is 2.45. The van der Waals surface area contributed by atoms with Crippen LogP contribution in [0, 0.1) is 0 Å². The molecule has 0 bridgehead atoms. The zero-order chi connectivity index (χ0) is 16.3. The highest BCUT2D eigenvalue weighted by Crippen LogP contribution is 2.21. The molecule has 0 spiro atoms. The molecule has 1 aliphatic rings. The molecule has 0 aromatic rings. The van der Waals surface area contributed by atoms with Gasteiger partial charge in [0.2, 0.25) is 0 Å². The Bertz CT molecular complexity index is 391. The number of likely N-dealkylation sites (tertiary alicyclic amines) is 1. The van der Waals surface area contributed by atoms with Crippen molar-refractivity contribution in [1.29, 1.82) is 0 Å². The lowest BCUT2D eigenvalue weighted by Crippen LogP contribution is -2.52. The van der Waals surface area contributed by atoms with Crippen LogP contribution < -0.4 is 5.32 Å².